The van der Waals surface area contributed by atoms with E-state index < -0.39 is 5.97 Å². The molecule has 0 saturated heterocycles. The first-order valence-electron chi connectivity index (χ1n) is 6.29. The monoisotopic (exact) mass is 317 g/mol. The fraction of sp³-hybridized carbons (Fsp3) is 0.125. The van der Waals surface area contributed by atoms with Crippen LogP contribution in [-0.4, -0.2) is 19.7 Å². The number of benzene rings is 2. The Bertz CT molecular complexity index is 707. The zero-order valence-electron chi connectivity index (χ0n) is 11.7. The minimum atomic E-state index is -0.585. The Balaban J connectivity index is 1.97. The van der Waals surface area contributed by atoms with Crippen molar-refractivity contribution in [3.63, 3.8) is 0 Å². The molecule has 0 fully saturated rings. The van der Waals surface area contributed by atoms with Crippen LogP contribution >= 0.6 is 11.6 Å². The second-order valence-corrected chi connectivity index (χ2v) is 4.63. The molecule has 0 radical (unpaired) electrons. The Hall–Kier alpha value is -2.71. The minimum Gasteiger partial charge on any atom is -0.493 e. The second-order valence-electron chi connectivity index (χ2n) is 4.19. The van der Waals surface area contributed by atoms with Crippen molar-refractivity contribution in [2.24, 2.45) is 0 Å². The molecule has 0 aliphatic rings. The SMILES string of the molecule is COc1cc(C#N)ccc1OC(=O)COc1ccc(Cl)cc1. The van der Waals surface area contributed by atoms with E-state index in [0.717, 1.165) is 0 Å². The van der Waals surface area contributed by atoms with Crippen LogP contribution in [0.2, 0.25) is 5.02 Å². The smallest absolute Gasteiger partial charge is 0.349 e. The summed E-state index contributed by atoms with van der Waals surface area (Å²) < 4.78 is 15.5. The fourth-order valence-electron chi connectivity index (χ4n) is 1.65. The molecule has 0 atom stereocenters. The van der Waals surface area contributed by atoms with Gasteiger partial charge in [0.25, 0.3) is 0 Å². The van der Waals surface area contributed by atoms with E-state index in [1.807, 2.05) is 6.07 Å². The number of hydrogen-bond donors (Lipinski definition) is 0. The van der Waals surface area contributed by atoms with Gasteiger partial charge in [-0.05, 0) is 36.4 Å². The zero-order valence-corrected chi connectivity index (χ0v) is 12.5. The topological polar surface area (TPSA) is 68.5 Å². The van der Waals surface area contributed by atoms with Crippen LogP contribution in [-0.2, 0) is 4.79 Å². The van der Waals surface area contributed by atoms with Crippen molar-refractivity contribution < 1.29 is 19.0 Å². The number of nitrogens with zero attached hydrogens (tertiary/aromatic N) is 1. The zero-order chi connectivity index (χ0) is 15.9. The van der Waals surface area contributed by atoms with Gasteiger partial charge in [0.15, 0.2) is 18.1 Å². The maximum Gasteiger partial charge on any atom is 0.349 e. The predicted octanol–water partition coefficient (Wildman–Crippen LogP) is 3.20. The highest BCUT2D eigenvalue weighted by atomic mass is 35.5. The molecule has 0 saturated carbocycles. The number of rotatable bonds is 5. The van der Waals surface area contributed by atoms with E-state index in [1.54, 1.807) is 24.3 Å². The molecule has 2 rings (SSSR count). The number of methoxy groups -OCH3 is 1. The van der Waals surface area contributed by atoms with E-state index in [-0.39, 0.29) is 12.4 Å². The molecular weight excluding hydrogens is 306 g/mol. The molecule has 0 bridgehead atoms. The lowest BCUT2D eigenvalue weighted by molar-refractivity contribution is -0.136. The Labute approximate surface area is 132 Å². The third-order valence-electron chi connectivity index (χ3n) is 2.69. The molecule has 0 spiro atoms. The Morgan fingerprint density at radius 2 is 1.91 bits per heavy atom. The van der Waals surface area contributed by atoms with Crippen molar-refractivity contribution in [2.45, 2.75) is 0 Å². The van der Waals surface area contributed by atoms with Gasteiger partial charge in [0.05, 0.1) is 18.7 Å². The van der Waals surface area contributed by atoms with Gasteiger partial charge in [-0.3, -0.25) is 0 Å². The van der Waals surface area contributed by atoms with Gasteiger partial charge in [-0.1, -0.05) is 11.6 Å². The van der Waals surface area contributed by atoms with Gasteiger partial charge >= 0.3 is 5.97 Å². The molecule has 22 heavy (non-hydrogen) atoms. The standard InChI is InChI=1S/C16H12ClNO4/c1-20-15-8-11(9-18)2-7-14(15)22-16(19)10-21-13-5-3-12(17)4-6-13/h2-8H,10H2,1H3. The largest absolute Gasteiger partial charge is 0.493 e. The first kappa shape index (κ1) is 15.7. The summed E-state index contributed by atoms with van der Waals surface area (Å²) in [6, 6.07) is 13.1. The van der Waals surface area contributed by atoms with Gasteiger partial charge in [0.2, 0.25) is 0 Å². The van der Waals surface area contributed by atoms with E-state index in [2.05, 4.69) is 0 Å². The molecule has 0 aliphatic carbocycles. The number of nitriles is 1. The first-order chi connectivity index (χ1) is 10.6. The number of esters is 1. The molecule has 2 aromatic carbocycles. The molecule has 112 valence electrons. The highest BCUT2D eigenvalue weighted by Crippen LogP contribution is 2.28. The van der Waals surface area contributed by atoms with Gasteiger partial charge in [0.1, 0.15) is 5.75 Å². The second kappa shape index (κ2) is 7.34. The van der Waals surface area contributed by atoms with Gasteiger partial charge < -0.3 is 14.2 Å². The minimum absolute atomic E-state index is 0.228. The summed E-state index contributed by atoms with van der Waals surface area (Å²) in [6.07, 6.45) is 0. The van der Waals surface area contributed by atoms with Crippen LogP contribution in [0.5, 0.6) is 17.2 Å². The third kappa shape index (κ3) is 4.14. The average Bonchev–Trinajstić information content (AvgIpc) is 2.54. The van der Waals surface area contributed by atoms with E-state index in [1.165, 1.54) is 25.3 Å². The number of ether oxygens (including phenoxy) is 3. The van der Waals surface area contributed by atoms with Crippen LogP contribution in [0.3, 0.4) is 0 Å². The summed E-state index contributed by atoms with van der Waals surface area (Å²) in [6.45, 7) is -0.259. The maximum absolute atomic E-state index is 11.8. The van der Waals surface area contributed by atoms with Crippen molar-refractivity contribution in [3.8, 4) is 23.3 Å². The summed E-state index contributed by atoms with van der Waals surface area (Å²) in [4.78, 5) is 11.8. The van der Waals surface area contributed by atoms with Crippen LogP contribution in [0.1, 0.15) is 5.56 Å². The summed E-state index contributed by atoms with van der Waals surface area (Å²) in [5, 5.41) is 9.40. The van der Waals surface area contributed by atoms with Crippen LogP contribution < -0.4 is 14.2 Å². The van der Waals surface area contributed by atoms with Crippen LogP contribution in [0, 0.1) is 11.3 Å². The van der Waals surface area contributed by atoms with Gasteiger partial charge in [-0.15, -0.1) is 0 Å². The molecule has 0 N–H and O–H groups in total. The van der Waals surface area contributed by atoms with Crippen molar-refractivity contribution in [1.82, 2.24) is 0 Å². The van der Waals surface area contributed by atoms with Gasteiger partial charge in [0, 0.05) is 11.1 Å². The summed E-state index contributed by atoms with van der Waals surface area (Å²) >= 11 is 5.76. The van der Waals surface area contributed by atoms with E-state index >= 15 is 0 Å². The Morgan fingerprint density at radius 3 is 2.55 bits per heavy atom. The summed E-state index contributed by atoms with van der Waals surface area (Å²) in [5.41, 5.74) is 0.411. The average molecular weight is 318 g/mol. The number of halogens is 1. The Kier molecular flexibility index (Phi) is 5.23. The van der Waals surface area contributed by atoms with Crippen LogP contribution in [0.4, 0.5) is 0 Å². The normalized spacial score (nSPS) is 9.68. The summed E-state index contributed by atoms with van der Waals surface area (Å²) in [5.74, 6) is 0.455. The highest BCUT2D eigenvalue weighted by Gasteiger charge is 2.11. The van der Waals surface area contributed by atoms with E-state index in [4.69, 9.17) is 31.1 Å². The molecule has 0 heterocycles. The van der Waals surface area contributed by atoms with E-state index in [9.17, 15) is 4.79 Å². The third-order valence-corrected chi connectivity index (χ3v) is 2.94. The van der Waals surface area contributed by atoms with Crippen LogP contribution in [0.25, 0.3) is 0 Å². The van der Waals surface area contributed by atoms with Crippen molar-refractivity contribution in [3.05, 3.63) is 53.1 Å². The number of carbonyl (C=O) groups is 1. The molecule has 2 aromatic rings. The first-order valence-corrected chi connectivity index (χ1v) is 6.67. The lowest BCUT2D eigenvalue weighted by atomic mass is 10.2. The van der Waals surface area contributed by atoms with Gasteiger partial charge in [-0.2, -0.15) is 5.26 Å². The molecule has 0 amide bonds. The quantitative estimate of drug-likeness (QED) is 0.625. The fourth-order valence-corrected chi connectivity index (χ4v) is 1.77. The van der Waals surface area contributed by atoms with Crippen LogP contribution in [0.15, 0.2) is 42.5 Å². The lowest BCUT2D eigenvalue weighted by Gasteiger charge is -2.10. The molecule has 0 aromatic heterocycles. The molecular formula is C16H12ClNO4. The van der Waals surface area contributed by atoms with Crippen molar-refractivity contribution in [2.75, 3.05) is 13.7 Å². The van der Waals surface area contributed by atoms with E-state index in [0.29, 0.717) is 22.1 Å². The van der Waals surface area contributed by atoms with Crippen molar-refractivity contribution >= 4 is 17.6 Å². The molecule has 0 unspecified atom stereocenters. The van der Waals surface area contributed by atoms with Crippen molar-refractivity contribution in [1.29, 1.82) is 5.26 Å². The number of hydrogen-bond acceptors (Lipinski definition) is 5. The maximum atomic E-state index is 11.8. The molecule has 0 aliphatic heterocycles. The highest BCUT2D eigenvalue weighted by molar-refractivity contribution is 6.30. The lowest BCUT2D eigenvalue weighted by Crippen LogP contribution is -2.18. The number of carbonyl (C=O) groups excluding carboxylic acids is 1. The summed E-state index contributed by atoms with van der Waals surface area (Å²) in [7, 11) is 1.43. The molecule has 6 heteroatoms. The predicted molar refractivity (Wildman–Crippen MR) is 80.3 cm³/mol. The van der Waals surface area contributed by atoms with Gasteiger partial charge in [-0.25, -0.2) is 4.79 Å². The Morgan fingerprint density at radius 1 is 1.18 bits per heavy atom. The molecule has 5 nitrogen and oxygen atoms in total.